The van der Waals surface area contributed by atoms with Crippen LogP contribution in [0.4, 0.5) is 0 Å². The standard InChI is InChI=1S/C7H7.C2H6N.Y/c1-7-5-3-2-4-6-7;1-3-2;/h2-6H,1H2;1-2H3;/q2*-1;. The van der Waals surface area contributed by atoms with Gasteiger partial charge in [-0.05, 0) is 0 Å². The van der Waals surface area contributed by atoms with Gasteiger partial charge in [0.2, 0.25) is 0 Å². The summed E-state index contributed by atoms with van der Waals surface area (Å²) in [5.74, 6) is 0. The molecule has 1 radical (unpaired) electrons. The minimum Gasteiger partial charge on any atom is -0.668 e. The predicted molar refractivity (Wildman–Crippen MR) is 46.1 cm³/mol. The summed E-state index contributed by atoms with van der Waals surface area (Å²) >= 11 is 0. The minimum absolute atomic E-state index is 0. The summed E-state index contributed by atoms with van der Waals surface area (Å²) in [6.45, 7) is 3.72. The van der Waals surface area contributed by atoms with Gasteiger partial charge in [-0.15, -0.1) is 12.1 Å². The molecule has 0 aliphatic carbocycles. The summed E-state index contributed by atoms with van der Waals surface area (Å²) in [5, 5.41) is 3.50. The Morgan fingerprint density at radius 2 is 1.45 bits per heavy atom. The second-order valence-electron chi connectivity index (χ2n) is 1.93. The molecule has 59 valence electrons. The first-order valence-electron chi connectivity index (χ1n) is 3.16. The molecular weight excluding hydrogens is 211 g/mol. The Hall–Kier alpha value is 0.154. The molecule has 0 saturated heterocycles. The van der Waals surface area contributed by atoms with Crippen LogP contribution in [0.2, 0.25) is 0 Å². The Labute approximate surface area is 94.5 Å². The van der Waals surface area contributed by atoms with Crippen molar-refractivity contribution in [1.82, 2.24) is 0 Å². The molecule has 0 N–H and O–H groups in total. The molecule has 1 aromatic rings. The van der Waals surface area contributed by atoms with Gasteiger partial charge in [0.05, 0.1) is 0 Å². The van der Waals surface area contributed by atoms with Crippen LogP contribution in [0.15, 0.2) is 30.3 Å². The van der Waals surface area contributed by atoms with Crippen LogP contribution < -0.4 is 0 Å². The van der Waals surface area contributed by atoms with Gasteiger partial charge in [-0.1, -0.05) is 6.07 Å². The van der Waals surface area contributed by atoms with Crippen LogP contribution in [0, 0.1) is 6.92 Å². The number of rotatable bonds is 0. The van der Waals surface area contributed by atoms with Gasteiger partial charge in [-0.2, -0.15) is 38.7 Å². The molecule has 2 heteroatoms. The van der Waals surface area contributed by atoms with E-state index in [2.05, 4.69) is 12.2 Å². The van der Waals surface area contributed by atoms with E-state index in [9.17, 15) is 0 Å². The van der Waals surface area contributed by atoms with Crippen molar-refractivity contribution in [1.29, 1.82) is 0 Å². The summed E-state index contributed by atoms with van der Waals surface area (Å²) in [5.41, 5.74) is 1.07. The Morgan fingerprint density at radius 3 is 1.64 bits per heavy atom. The third-order valence-corrected chi connectivity index (χ3v) is 0.843. The zero-order valence-electron chi connectivity index (χ0n) is 7.12. The zero-order chi connectivity index (χ0) is 7.82. The van der Waals surface area contributed by atoms with E-state index in [4.69, 9.17) is 0 Å². The van der Waals surface area contributed by atoms with Crippen LogP contribution in [0.1, 0.15) is 5.56 Å². The number of benzene rings is 1. The van der Waals surface area contributed by atoms with Crippen molar-refractivity contribution in [2.75, 3.05) is 14.1 Å². The quantitative estimate of drug-likeness (QED) is 0.601. The van der Waals surface area contributed by atoms with Crippen molar-refractivity contribution in [3.05, 3.63) is 48.1 Å². The van der Waals surface area contributed by atoms with Crippen molar-refractivity contribution in [3.8, 4) is 0 Å². The summed E-state index contributed by atoms with van der Waals surface area (Å²) in [6.07, 6.45) is 0. The molecule has 0 spiro atoms. The van der Waals surface area contributed by atoms with Crippen molar-refractivity contribution >= 4 is 0 Å². The first-order valence-corrected chi connectivity index (χ1v) is 3.16. The van der Waals surface area contributed by atoms with Gasteiger partial charge in [-0.3, -0.25) is 0 Å². The van der Waals surface area contributed by atoms with Crippen LogP contribution in [0.5, 0.6) is 0 Å². The molecule has 0 aromatic heterocycles. The first-order chi connectivity index (χ1) is 4.81. The Bertz CT molecular complexity index is 151. The van der Waals surface area contributed by atoms with E-state index in [1.165, 1.54) is 0 Å². The van der Waals surface area contributed by atoms with Gasteiger partial charge in [-0.25, -0.2) is 0 Å². The fourth-order valence-corrected chi connectivity index (χ4v) is 0.478. The minimum atomic E-state index is 0. The molecule has 0 aliphatic rings. The molecule has 0 amide bonds. The van der Waals surface area contributed by atoms with E-state index in [1.54, 1.807) is 14.1 Å². The van der Waals surface area contributed by atoms with Gasteiger partial charge in [0, 0.05) is 32.7 Å². The van der Waals surface area contributed by atoms with E-state index in [-0.39, 0.29) is 32.7 Å². The Morgan fingerprint density at radius 1 is 1.09 bits per heavy atom. The average Bonchev–Trinajstić information content (AvgIpc) is 1.91. The van der Waals surface area contributed by atoms with Gasteiger partial charge in [0.15, 0.2) is 0 Å². The largest absolute Gasteiger partial charge is 0.668 e. The number of hydrogen-bond donors (Lipinski definition) is 0. The molecule has 0 saturated carbocycles. The predicted octanol–water partition coefficient (Wildman–Crippen LogP) is 2.49. The summed E-state index contributed by atoms with van der Waals surface area (Å²) in [7, 11) is 3.50. The molecule has 0 atom stereocenters. The van der Waals surface area contributed by atoms with Crippen molar-refractivity contribution in [2.24, 2.45) is 0 Å². The van der Waals surface area contributed by atoms with Gasteiger partial charge in [0.1, 0.15) is 0 Å². The molecule has 0 aliphatic heterocycles. The topological polar surface area (TPSA) is 14.1 Å². The Kier molecular flexibility index (Phi) is 12.7. The molecule has 11 heavy (non-hydrogen) atoms. The second-order valence-corrected chi connectivity index (χ2v) is 1.93. The number of nitrogens with zero attached hydrogens (tertiary/aromatic N) is 1. The average molecular weight is 224 g/mol. The molecule has 0 unspecified atom stereocenters. The zero-order valence-corrected chi connectivity index (χ0v) is 9.96. The summed E-state index contributed by atoms with van der Waals surface area (Å²) in [4.78, 5) is 0. The molecular formula is C9H13NY-2. The maximum atomic E-state index is 3.72. The van der Waals surface area contributed by atoms with E-state index < -0.39 is 0 Å². The second kappa shape index (κ2) is 10.2. The van der Waals surface area contributed by atoms with E-state index >= 15 is 0 Å². The smallest absolute Gasteiger partial charge is 0 e. The normalized spacial score (nSPS) is 7.09. The third kappa shape index (κ3) is 10.2. The van der Waals surface area contributed by atoms with E-state index in [1.807, 2.05) is 30.3 Å². The third-order valence-electron chi connectivity index (χ3n) is 0.843. The van der Waals surface area contributed by atoms with Crippen LogP contribution in [-0.2, 0) is 32.7 Å². The molecule has 0 fully saturated rings. The number of hydrogen-bond acceptors (Lipinski definition) is 0. The van der Waals surface area contributed by atoms with Crippen molar-refractivity contribution in [3.63, 3.8) is 0 Å². The van der Waals surface area contributed by atoms with E-state index in [0.717, 1.165) is 5.56 Å². The maximum absolute atomic E-state index is 3.72. The van der Waals surface area contributed by atoms with Crippen molar-refractivity contribution < 1.29 is 32.7 Å². The van der Waals surface area contributed by atoms with Crippen LogP contribution in [-0.4, -0.2) is 14.1 Å². The molecule has 1 rings (SSSR count). The fraction of sp³-hybridized carbons (Fsp3) is 0.222. The first kappa shape index (κ1) is 13.7. The Balaban J connectivity index is 0. The molecule has 1 aromatic carbocycles. The van der Waals surface area contributed by atoms with E-state index in [0.29, 0.717) is 0 Å². The van der Waals surface area contributed by atoms with Crippen LogP contribution in [0.3, 0.4) is 0 Å². The molecule has 1 nitrogen and oxygen atoms in total. The van der Waals surface area contributed by atoms with Gasteiger partial charge < -0.3 is 5.32 Å². The van der Waals surface area contributed by atoms with Crippen LogP contribution >= 0.6 is 0 Å². The monoisotopic (exact) mass is 224 g/mol. The van der Waals surface area contributed by atoms with Crippen molar-refractivity contribution in [2.45, 2.75) is 0 Å². The van der Waals surface area contributed by atoms with Gasteiger partial charge in [0.25, 0.3) is 0 Å². The van der Waals surface area contributed by atoms with Gasteiger partial charge >= 0.3 is 0 Å². The maximum Gasteiger partial charge on any atom is 0 e. The van der Waals surface area contributed by atoms with Crippen LogP contribution in [0.25, 0.3) is 5.32 Å². The fourth-order valence-electron chi connectivity index (χ4n) is 0.478. The summed E-state index contributed by atoms with van der Waals surface area (Å²) in [6, 6.07) is 9.87. The molecule has 0 heterocycles. The SMILES string of the molecule is C[N-]C.[CH2-]c1ccccc1.[Y]. The molecule has 0 bridgehead atoms. The summed E-state index contributed by atoms with van der Waals surface area (Å²) < 4.78 is 0.